The summed E-state index contributed by atoms with van der Waals surface area (Å²) in [5.41, 5.74) is 0.265. The van der Waals surface area contributed by atoms with Crippen LogP contribution in [0.25, 0.3) is 0 Å². The van der Waals surface area contributed by atoms with Gasteiger partial charge in [0, 0.05) is 18.2 Å². The van der Waals surface area contributed by atoms with Crippen LogP contribution in [0.2, 0.25) is 0 Å². The highest BCUT2D eigenvalue weighted by Gasteiger charge is 2.34. The van der Waals surface area contributed by atoms with Crippen LogP contribution in [-0.4, -0.2) is 52.2 Å². The number of aliphatic carboxylic acids is 1. The number of carbonyl (C=O) groups excluding carboxylic acids is 1. The first-order chi connectivity index (χ1) is 9.10. The van der Waals surface area contributed by atoms with E-state index in [0.29, 0.717) is 6.54 Å². The lowest BCUT2D eigenvalue weighted by Crippen LogP contribution is -2.54. The summed E-state index contributed by atoms with van der Waals surface area (Å²) in [4.78, 5) is 24.3. The highest BCUT2D eigenvalue weighted by molar-refractivity contribution is 5.92. The minimum Gasteiger partial charge on any atom is -0.480 e. The van der Waals surface area contributed by atoms with Crippen molar-refractivity contribution in [3.8, 4) is 0 Å². The summed E-state index contributed by atoms with van der Waals surface area (Å²) in [5, 5.41) is 15.2. The van der Waals surface area contributed by atoms with Crippen LogP contribution in [0, 0.1) is 0 Å². The van der Waals surface area contributed by atoms with Crippen molar-refractivity contribution < 1.29 is 19.2 Å². The lowest BCUT2D eigenvalue weighted by Gasteiger charge is -2.42. The van der Waals surface area contributed by atoms with Gasteiger partial charge in [0.25, 0.3) is 5.91 Å². The Balaban J connectivity index is 1.76. The van der Waals surface area contributed by atoms with Gasteiger partial charge in [-0.05, 0) is 19.4 Å². The number of hydrogen-bond acceptors (Lipinski definition) is 5. The normalized spacial score (nSPS) is 22.0. The van der Waals surface area contributed by atoms with Crippen molar-refractivity contribution in [3.05, 3.63) is 18.0 Å². The standard InChI is InChI=1S/C12H17N3O4/c1-2-15(7-11(16)17)9-5-8(6-9)13-12(18)10-3-4-19-14-10/h3-4,8-9H,2,5-7H2,1H3,(H,13,18)(H,16,17). The highest BCUT2D eigenvalue weighted by Crippen LogP contribution is 2.25. The Morgan fingerprint density at radius 1 is 1.58 bits per heavy atom. The molecule has 1 fully saturated rings. The van der Waals surface area contributed by atoms with Crippen molar-refractivity contribution in [2.75, 3.05) is 13.1 Å². The van der Waals surface area contributed by atoms with Gasteiger partial charge in [-0.15, -0.1) is 0 Å². The summed E-state index contributed by atoms with van der Waals surface area (Å²) in [7, 11) is 0. The van der Waals surface area contributed by atoms with Gasteiger partial charge < -0.3 is 14.9 Å². The van der Waals surface area contributed by atoms with Crippen LogP contribution in [0.4, 0.5) is 0 Å². The van der Waals surface area contributed by atoms with Crippen LogP contribution in [0.3, 0.4) is 0 Å². The zero-order valence-corrected chi connectivity index (χ0v) is 10.7. The number of carboxylic acid groups (broad SMARTS) is 1. The summed E-state index contributed by atoms with van der Waals surface area (Å²) in [5.74, 6) is -1.07. The average Bonchev–Trinajstić information content (AvgIpc) is 2.83. The Kier molecular flexibility index (Phi) is 4.16. The summed E-state index contributed by atoms with van der Waals surface area (Å²) in [6.07, 6.45) is 2.89. The summed E-state index contributed by atoms with van der Waals surface area (Å²) < 4.78 is 4.61. The van der Waals surface area contributed by atoms with E-state index >= 15 is 0 Å². The summed E-state index contributed by atoms with van der Waals surface area (Å²) in [6.45, 7) is 2.68. The molecule has 1 saturated carbocycles. The molecular weight excluding hydrogens is 250 g/mol. The second-order valence-electron chi connectivity index (χ2n) is 4.64. The Morgan fingerprint density at radius 3 is 2.84 bits per heavy atom. The number of nitrogens with zero attached hydrogens (tertiary/aromatic N) is 2. The van der Waals surface area contributed by atoms with E-state index in [2.05, 4.69) is 15.0 Å². The molecular formula is C12H17N3O4. The Labute approximate surface area is 110 Å². The number of nitrogens with one attached hydrogen (secondary N) is 1. The first-order valence-electron chi connectivity index (χ1n) is 6.27. The van der Waals surface area contributed by atoms with E-state index in [1.165, 1.54) is 12.3 Å². The molecule has 2 rings (SSSR count). The van der Waals surface area contributed by atoms with Crippen LogP contribution in [0.1, 0.15) is 30.3 Å². The highest BCUT2D eigenvalue weighted by atomic mass is 16.5. The van der Waals surface area contributed by atoms with Gasteiger partial charge in [-0.3, -0.25) is 14.5 Å². The zero-order chi connectivity index (χ0) is 13.8. The Hall–Kier alpha value is -1.89. The number of hydrogen-bond donors (Lipinski definition) is 2. The number of carboxylic acids is 1. The van der Waals surface area contributed by atoms with Crippen molar-refractivity contribution in [1.29, 1.82) is 0 Å². The molecule has 2 N–H and O–H groups in total. The molecule has 1 heterocycles. The molecule has 0 radical (unpaired) electrons. The Bertz CT molecular complexity index is 440. The first kappa shape index (κ1) is 13.5. The van der Waals surface area contributed by atoms with Gasteiger partial charge in [0.15, 0.2) is 5.69 Å². The van der Waals surface area contributed by atoms with E-state index in [9.17, 15) is 9.59 Å². The van der Waals surface area contributed by atoms with E-state index in [1.54, 1.807) is 0 Å². The molecule has 7 nitrogen and oxygen atoms in total. The van der Waals surface area contributed by atoms with E-state index in [4.69, 9.17) is 5.11 Å². The maximum Gasteiger partial charge on any atom is 0.317 e. The molecule has 0 saturated heterocycles. The maximum absolute atomic E-state index is 11.7. The number of aromatic nitrogens is 1. The van der Waals surface area contributed by atoms with Crippen molar-refractivity contribution in [3.63, 3.8) is 0 Å². The van der Waals surface area contributed by atoms with Gasteiger partial charge in [-0.25, -0.2) is 0 Å². The number of carbonyl (C=O) groups is 2. The number of rotatable bonds is 6. The van der Waals surface area contributed by atoms with E-state index in [1.807, 2.05) is 11.8 Å². The number of amides is 1. The SMILES string of the molecule is CCN(CC(=O)O)C1CC(NC(=O)c2ccon2)C1. The minimum absolute atomic E-state index is 0.0467. The molecule has 0 bridgehead atoms. The average molecular weight is 267 g/mol. The van der Waals surface area contributed by atoms with Crippen LogP contribution in [-0.2, 0) is 4.79 Å². The molecule has 0 aromatic carbocycles. The predicted octanol–water partition coefficient (Wildman–Crippen LogP) is 0.342. The third kappa shape index (κ3) is 3.31. The van der Waals surface area contributed by atoms with Gasteiger partial charge in [0.2, 0.25) is 0 Å². The molecule has 1 amide bonds. The van der Waals surface area contributed by atoms with Crippen molar-refractivity contribution in [1.82, 2.24) is 15.4 Å². The molecule has 1 aliphatic carbocycles. The monoisotopic (exact) mass is 267 g/mol. The van der Waals surface area contributed by atoms with Gasteiger partial charge in [0.05, 0.1) is 6.54 Å². The fourth-order valence-electron chi connectivity index (χ4n) is 2.27. The molecule has 1 aromatic rings. The molecule has 1 aliphatic rings. The topological polar surface area (TPSA) is 95.7 Å². The predicted molar refractivity (Wildman–Crippen MR) is 65.7 cm³/mol. The first-order valence-corrected chi connectivity index (χ1v) is 6.27. The molecule has 104 valence electrons. The van der Waals surface area contributed by atoms with E-state index in [-0.39, 0.29) is 30.2 Å². The van der Waals surface area contributed by atoms with Crippen molar-refractivity contribution in [2.24, 2.45) is 0 Å². The lowest BCUT2D eigenvalue weighted by atomic mass is 9.85. The molecule has 1 aromatic heterocycles. The zero-order valence-electron chi connectivity index (χ0n) is 10.7. The maximum atomic E-state index is 11.7. The lowest BCUT2D eigenvalue weighted by molar-refractivity contribution is -0.139. The van der Waals surface area contributed by atoms with Gasteiger partial charge >= 0.3 is 5.97 Å². The molecule has 19 heavy (non-hydrogen) atoms. The number of likely N-dealkylation sites (N-methyl/N-ethyl adjacent to an activating group) is 1. The van der Waals surface area contributed by atoms with Gasteiger partial charge in [0.1, 0.15) is 6.26 Å². The molecule has 7 heteroatoms. The largest absolute Gasteiger partial charge is 0.480 e. The molecule has 0 aliphatic heterocycles. The summed E-state index contributed by atoms with van der Waals surface area (Å²) >= 11 is 0. The van der Waals surface area contributed by atoms with Gasteiger partial charge in [-0.1, -0.05) is 12.1 Å². The van der Waals surface area contributed by atoms with Crippen LogP contribution < -0.4 is 5.32 Å². The third-order valence-corrected chi connectivity index (χ3v) is 3.38. The van der Waals surface area contributed by atoms with Crippen LogP contribution in [0.5, 0.6) is 0 Å². The van der Waals surface area contributed by atoms with E-state index in [0.717, 1.165) is 12.8 Å². The second-order valence-corrected chi connectivity index (χ2v) is 4.64. The third-order valence-electron chi connectivity index (χ3n) is 3.38. The van der Waals surface area contributed by atoms with Gasteiger partial charge in [-0.2, -0.15) is 0 Å². The van der Waals surface area contributed by atoms with E-state index < -0.39 is 5.97 Å². The Morgan fingerprint density at radius 2 is 2.32 bits per heavy atom. The molecule has 0 unspecified atom stereocenters. The van der Waals surface area contributed by atoms with Crippen molar-refractivity contribution >= 4 is 11.9 Å². The van der Waals surface area contributed by atoms with Crippen LogP contribution >= 0.6 is 0 Å². The van der Waals surface area contributed by atoms with Crippen LogP contribution in [0.15, 0.2) is 16.9 Å². The second kappa shape index (κ2) is 5.83. The fraction of sp³-hybridized carbons (Fsp3) is 0.583. The summed E-state index contributed by atoms with van der Waals surface area (Å²) in [6, 6.07) is 1.81. The van der Waals surface area contributed by atoms with Crippen molar-refractivity contribution in [2.45, 2.75) is 31.8 Å². The quantitative estimate of drug-likeness (QED) is 0.771. The fourth-order valence-corrected chi connectivity index (χ4v) is 2.27. The smallest absolute Gasteiger partial charge is 0.317 e. The molecule has 0 atom stereocenters. The molecule has 0 spiro atoms. The minimum atomic E-state index is -0.822.